The van der Waals surface area contributed by atoms with Gasteiger partial charge >= 0.3 is 0 Å². The molecule has 2 aromatic carbocycles. The van der Waals surface area contributed by atoms with Crippen LogP contribution in [-0.2, 0) is 0 Å². The van der Waals surface area contributed by atoms with E-state index in [1.807, 2.05) is 13.0 Å². The van der Waals surface area contributed by atoms with E-state index in [4.69, 9.17) is 16.0 Å². The zero-order valence-corrected chi connectivity index (χ0v) is 14.6. The Morgan fingerprint density at radius 2 is 2.04 bits per heavy atom. The smallest absolute Gasteiger partial charge is 0.293 e. The van der Waals surface area contributed by atoms with Crippen LogP contribution in [0.5, 0.6) is 0 Å². The van der Waals surface area contributed by atoms with Crippen LogP contribution in [0.1, 0.15) is 16.1 Å². The average molecular weight is 371 g/mol. The molecule has 0 aliphatic heterocycles. The standard InChI is InChI=1S/C18H11ClN2O3S/c1-9-2-5-14-11(6-9)13(22)8-15(24-14)17(23)21-18-20-12-4-3-10(19)7-16(12)25-18/h2-8H,1H3,(H,20,21,23). The Kier molecular flexibility index (Phi) is 3.78. The number of hydrogen-bond donors (Lipinski definition) is 1. The Labute approximate surface area is 150 Å². The Bertz CT molecular complexity index is 1200. The number of nitrogens with zero attached hydrogens (tertiary/aromatic N) is 1. The summed E-state index contributed by atoms with van der Waals surface area (Å²) in [6, 6.07) is 11.7. The van der Waals surface area contributed by atoms with Gasteiger partial charge in [-0.2, -0.15) is 0 Å². The Hall–Kier alpha value is -2.70. The van der Waals surface area contributed by atoms with Crippen molar-refractivity contribution in [2.24, 2.45) is 0 Å². The van der Waals surface area contributed by atoms with Gasteiger partial charge in [0.05, 0.1) is 15.6 Å². The maximum Gasteiger partial charge on any atom is 0.293 e. The minimum atomic E-state index is -0.523. The van der Waals surface area contributed by atoms with Crippen molar-refractivity contribution in [3.8, 4) is 0 Å². The van der Waals surface area contributed by atoms with Gasteiger partial charge in [0.15, 0.2) is 16.3 Å². The van der Waals surface area contributed by atoms with Crippen LogP contribution in [0.2, 0.25) is 5.02 Å². The van der Waals surface area contributed by atoms with Gasteiger partial charge in [0.1, 0.15) is 5.58 Å². The van der Waals surface area contributed by atoms with Crippen LogP contribution in [0, 0.1) is 6.92 Å². The Morgan fingerprint density at radius 1 is 1.20 bits per heavy atom. The van der Waals surface area contributed by atoms with Gasteiger partial charge in [0.25, 0.3) is 5.91 Å². The second-order valence-corrected chi connectivity index (χ2v) is 7.03. The molecular formula is C18H11ClN2O3S. The number of anilines is 1. The van der Waals surface area contributed by atoms with Crippen LogP contribution < -0.4 is 10.7 Å². The molecule has 0 aliphatic rings. The zero-order chi connectivity index (χ0) is 17.6. The van der Waals surface area contributed by atoms with E-state index in [0.29, 0.717) is 21.1 Å². The summed E-state index contributed by atoms with van der Waals surface area (Å²) in [6.07, 6.45) is 0. The summed E-state index contributed by atoms with van der Waals surface area (Å²) in [5.41, 5.74) is 1.80. The van der Waals surface area contributed by atoms with Crippen molar-refractivity contribution in [1.29, 1.82) is 0 Å². The summed E-state index contributed by atoms with van der Waals surface area (Å²) in [4.78, 5) is 29.0. The van der Waals surface area contributed by atoms with E-state index in [0.717, 1.165) is 15.8 Å². The molecule has 124 valence electrons. The average Bonchev–Trinajstić information content (AvgIpc) is 2.96. The summed E-state index contributed by atoms with van der Waals surface area (Å²) in [6.45, 7) is 1.89. The summed E-state index contributed by atoms with van der Waals surface area (Å²) in [5.74, 6) is -0.580. The predicted molar refractivity (Wildman–Crippen MR) is 99.8 cm³/mol. The first-order valence-corrected chi connectivity index (χ1v) is 8.61. The lowest BCUT2D eigenvalue weighted by atomic mass is 10.1. The first kappa shape index (κ1) is 15.8. The molecule has 4 rings (SSSR count). The molecule has 7 heteroatoms. The molecule has 0 spiro atoms. The molecule has 0 fully saturated rings. The lowest BCUT2D eigenvalue weighted by Crippen LogP contribution is -2.14. The number of aryl methyl sites for hydroxylation is 1. The van der Waals surface area contributed by atoms with E-state index < -0.39 is 5.91 Å². The number of carbonyl (C=O) groups excluding carboxylic acids is 1. The number of carbonyl (C=O) groups is 1. The summed E-state index contributed by atoms with van der Waals surface area (Å²) in [7, 11) is 0. The minimum Gasteiger partial charge on any atom is -0.451 e. The highest BCUT2D eigenvalue weighted by molar-refractivity contribution is 7.22. The van der Waals surface area contributed by atoms with Gasteiger partial charge in [-0.3, -0.25) is 14.9 Å². The largest absolute Gasteiger partial charge is 0.451 e. The topological polar surface area (TPSA) is 72.2 Å². The number of benzene rings is 2. The highest BCUT2D eigenvalue weighted by Crippen LogP contribution is 2.28. The fourth-order valence-corrected chi connectivity index (χ4v) is 3.63. The van der Waals surface area contributed by atoms with Crippen LogP contribution in [0.25, 0.3) is 21.2 Å². The van der Waals surface area contributed by atoms with Gasteiger partial charge in [-0.1, -0.05) is 34.6 Å². The molecule has 0 bridgehead atoms. The number of amides is 1. The molecule has 1 N–H and O–H groups in total. The number of fused-ring (bicyclic) bond motifs is 2. The van der Waals surface area contributed by atoms with Gasteiger partial charge in [-0.05, 0) is 37.3 Å². The Balaban J connectivity index is 1.69. The molecule has 1 amide bonds. The second kappa shape index (κ2) is 5.98. The van der Waals surface area contributed by atoms with Crippen LogP contribution in [0.4, 0.5) is 5.13 Å². The lowest BCUT2D eigenvalue weighted by molar-refractivity contribution is 0.0997. The minimum absolute atomic E-state index is 0.0568. The number of rotatable bonds is 2. The van der Waals surface area contributed by atoms with Gasteiger partial charge in [-0.25, -0.2) is 4.98 Å². The fraction of sp³-hybridized carbons (Fsp3) is 0.0556. The summed E-state index contributed by atoms with van der Waals surface area (Å²) >= 11 is 7.25. The Morgan fingerprint density at radius 3 is 2.88 bits per heavy atom. The first-order chi connectivity index (χ1) is 12.0. The molecule has 0 aliphatic carbocycles. The van der Waals surface area contributed by atoms with E-state index in [1.165, 1.54) is 17.4 Å². The normalized spacial score (nSPS) is 11.1. The van der Waals surface area contributed by atoms with E-state index in [9.17, 15) is 9.59 Å². The van der Waals surface area contributed by atoms with E-state index in [1.54, 1.807) is 30.3 Å². The number of aromatic nitrogens is 1. The molecule has 0 saturated carbocycles. The third kappa shape index (κ3) is 3.01. The fourth-order valence-electron chi connectivity index (χ4n) is 2.49. The second-order valence-electron chi connectivity index (χ2n) is 5.56. The van der Waals surface area contributed by atoms with Crippen molar-refractivity contribution < 1.29 is 9.21 Å². The third-order valence-electron chi connectivity index (χ3n) is 3.68. The molecule has 25 heavy (non-hydrogen) atoms. The third-order valence-corrected chi connectivity index (χ3v) is 4.85. The number of nitrogens with one attached hydrogen (secondary N) is 1. The van der Waals surface area contributed by atoms with E-state index >= 15 is 0 Å². The van der Waals surface area contributed by atoms with Crippen molar-refractivity contribution >= 4 is 55.2 Å². The van der Waals surface area contributed by atoms with E-state index in [2.05, 4.69) is 10.3 Å². The first-order valence-electron chi connectivity index (χ1n) is 7.41. The SMILES string of the molecule is Cc1ccc2oc(C(=O)Nc3nc4ccc(Cl)cc4s3)cc(=O)c2c1. The van der Waals surface area contributed by atoms with Gasteiger partial charge in [-0.15, -0.1) is 0 Å². The number of thiazole rings is 1. The van der Waals surface area contributed by atoms with Crippen LogP contribution in [0.3, 0.4) is 0 Å². The van der Waals surface area contributed by atoms with Crippen molar-refractivity contribution in [3.63, 3.8) is 0 Å². The van der Waals surface area contributed by atoms with Gasteiger partial charge in [0, 0.05) is 11.1 Å². The number of halogens is 1. The van der Waals surface area contributed by atoms with Crippen molar-refractivity contribution in [3.05, 3.63) is 69.0 Å². The van der Waals surface area contributed by atoms with E-state index in [-0.39, 0.29) is 11.2 Å². The quantitative estimate of drug-likeness (QED) is 0.559. The van der Waals surface area contributed by atoms with Gasteiger partial charge < -0.3 is 4.42 Å². The lowest BCUT2D eigenvalue weighted by Gasteiger charge is -2.03. The molecule has 4 aromatic rings. The van der Waals surface area contributed by atoms with Crippen LogP contribution in [0.15, 0.2) is 51.7 Å². The van der Waals surface area contributed by atoms with Crippen LogP contribution >= 0.6 is 22.9 Å². The highest BCUT2D eigenvalue weighted by Gasteiger charge is 2.15. The van der Waals surface area contributed by atoms with Crippen molar-refractivity contribution in [2.45, 2.75) is 6.92 Å². The van der Waals surface area contributed by atoms with Crippen molar-refractivity contribution in [2.75, 3.05) is 5.32 Å². The molecule has 0 unspecified atom stereocenters. The maximum atomic E-state index is 12.4. The molecule has 5 nitrogen and oxygen atoms in total. The maximum absolute atomic E-state index is 12.4. The zero-order valence-electron chi connectivity index (χ0n) is 13.0. The number of hydrogen-bond acceptors (Lipinski definition) is 5. The van der Waals surface area contributed by atoms with Gasteiger partial charge in [0.2, 0.25) is 0 Å². The molecule has 0 radical (unpaired) electrons. The van der Waals surface area contributed by atoms with Crippen molar-refractivity contribution in [1.82, 2.24) is 4.98 Å². The monoisotopic (exact) mass is 370 g/mol. The summed E-state index contributed by atoms with van der Waals surface area (Å²) < 4.78 is 6.43. The molecule has 0 saturated heterocycles. The predicted octanol–water partition coefficient (Wildman–Crippen LogP) is 4.62. The molecular weight excluding hydrogens is 360 g/mol. The van der Waals surface area contributed by atoms with Crippen LogP contribution in [-0.4, -0.2) is 10.9 Å². The summed E-state index contributed by atoms with van der Waals surface area (Å²) in [5, 5.41) is 4.13. The molecule has 0 atom stereocenters. The molecule has 2 aromatic heterocycles. The molecule has 2 heterocycles. The highest BCUT2D eigenvalue weighted by atomic mass is 35.5.